The summed E-state index contributed by atoms with van der Waals surface area (Å²) in [7, 11) is 0. The Morgan fingerprint density at radius 2 is 1.90 bits per heavy atom. The first-order valence-corrected chi connectivity index (χ1v) is 10.7. The molecule has 1 fully saturated rings. The molecule has 2 aromatic rings. The second-order valence-electron chi connectivity index (χ2n) is 9.08. The number of nitrogens with two attached hydrogens (primary N) is 1. The summed E-state index contributed by atoms with van der Waals surface area (Å²) in [5.41, 5.74) is 8.60. The predicted molar refractivity (Wildman–Crippen MR) is 123 cm³/mol. The number of amides is 1. The normalized spacial score (nSPS) is 27.8. The number of hydrogen-bond donors (Lipinski definition) is 2. The molecule has 0 spiro atoms. The molecule has 1 heterocycles. The molecular formula is C24H26ClN5O. The lowest BCUT2D eigenvalue weighted by Gasteiger charge is -2.48. The number of hydrogen-bond acceptors (Lipinski definition) is 5. The monoisotopic (exact) mass is 435 g/mol. The summed E-state index contributed by atoms with van der Waals surface area (Å²) >= 11 is 6.77. The molecule has 31 heavy (non-hydrogen) atoms. The molecule has 2 aliphatic rings. The summed E-state index contributed by atoms with van der Waals surface area (Å²) in [5.74, 6) is 0.102. The smallest absolute Gasteiger partial charge is 0.232 e. The molecule has 0 aromatic heterocycles. The second-order valence-corrected chi connectivity index (χ2v) is 9.46. The summed E-state index contributed by atoms with van der Waals surface area (Å²) in [6.45, 7) is 5.82. The molecule has 4 rings (SSSR count). The van der Waals surface area contributed by atoms with Gasteiger partial charge in [-0.2, -0.15) is 5.26 Å². The molecule has 1 saturated carbocycles. The van der Waals surface area contributed by atoms with E-state index in [0.29, 0.717) is 17.9 Å². The molecule has 2 aromatic carbocycles. The molecular weight excluding hydrogens is 410 g/mol. The van der Waals surface area contributed by atoms with Crippen molar-refractivity contribution in [2.75, 3.05) is 5.32 Å². The highest BCUT2D eigenvalue weighted by Gasteiger charge is 2.49. The number of halogens is 1. The van der Waals surface area contributed by atoms with E-state index < -0.39 is 11.0 Å². The van der Waals surface area contributed by atoms with Crippen molar-refractivity contribution in [3.8, 4) is 6.07 Å². The lowest BCUT2D eigenvalue weighted by Crippen LogP contribution is -2.59. The topological polar surface area (TPSA) is 94.5 Å². The zero-order valence-corrected chi connectivity index (χ0v) is 18.7. The van der Waals surface area contributed by atoms with Crippen LogP contribution in [0.25, 0.3) is 0 Å². The standard InChI is InChI=1S/C24H26ClN5O/c1-15-7-9-16(10-8-15)28-19-6-4-5-18(21(19)25)24(3)13-20(31)30(22(27)29-24)17-11-23(2,12-17)14-26/h4-10,17,28H,11-13H2,1-3H3,(H2,27,29)/t17?,23?,24-/m0/s1. The zero-order valence-electron chi connectivity index (χ0n) is 17.9. The van der Waals surface area contributed by atoms with Gasteiger partial charge in [-0.25, -0.2) is 4.99 Å². The Hall–Kier alpha value is -3.04. The van der Waals surface area contributed by atoms with Gasteiger partial charge < -0.3 is 11.1 Å². The summed E-state index contributed by atoms with van der Waals surface area (Å²) in [5, 5.41) is 13.1. The number of nitrogens with zero attached hydrogens (tertiary/aromatic N) is 3. The van der Waals surface area contributed by atoms with Crippen molar-refractivity contribution in [3.05, 3.63) is 58.6 Å². The molecule has 1 atom stereocenters. The number of aliphatic imine (C=N–C) groups is 1. The van der Waals surface area contributed by atoms with Crippen LogP contribution < -0.4 is 11.1 Å². The molecule has 0 bridgehead atoms. The third kappa shape index (κ3) is 3.86. The summed E-state index contributed by atoms with van der Waals surface area (Å²) in [6.07, 6.45) is 1.39. The van der Waals surface area contributed by atoms with Crippen molar-refractivity contribution in [2.24, 2.45) is 16.1 Å². The minimum absolute atomic E-state index is 0.0736. The molecule has 3 N–H and O–H groups in total. The number of aryl methyl sites for hydroxylation is 1. The fourth-order valence-electron chi connectivity index (χ4n) is 4.49. The van der Waals surface area contributed by atoms with Crippen molar-refractivity contribution in [1.82, 2.24) is 4.90 Å². The average molecular weight is 436 g/mol. The van der Waals surface area contributed by atoms with Crippen LogP contribution in [0, 0.1) is 23.7 Å². The minimum Gasteiger partial charge on any atom is -0.369 e. The minimum atomic E-state index is -0.859. The molecule has 1 aliphatic carbocycles. The highest BCUT2D eigenvalue weighted by atomic mass is 35.5. The number of rotatable bonds is 4. The number of nitriles is 1. The van der Waals surface area contributed by atoms with Gasteiger partial charge in [0, 0.05) is 17.3 Å². The molecule has 0 saturated heterocycles. The van der Waals surface area contributed by atoms with Gasteiger partial charge in [-0.1, -0.05) is 41.4 Å². The van der Waals surface area contributed by atoms with Crippen molar-refractivity contribution >= 4 is 34.8 Å². The fraction of sp³-hybridized carbons (Fsp3) is 0.375. The van der Waals surface area contributed by atoms with Gasteiger partial charge >= 0.3 is 0 Å². The third-order valence-corrected chi connectivity index (χ3v) is 6.70. The number of nitrogens with one attached hydrogen (secondary N) is 1. The van der Waals surface area contributed by atoms with E-state index in [4.69, 9.17) is 22.3 Å². The molecule has 0 unspecified atom stereocenters. The van der Waals surface area contributed by atoms with Crippen LogP contribution in [0.2, 0.25) is 5.02 Å². The molecule has 1 aliphatic heterocycles. The fourth-order valence-corrected chi connectivity index (χ4v) is 4.87. The van der Waals surface area contributed by atoms with Gasteiger partial charge in [0.2, 0.25) is 5.91 Å². The lowest BCUT2D eigenvalue weighted by atomic mass is 9.67. The van der Waals surface area contributed by atoms with Crippen LogP contribution >= 0.6 is 11.6 Å². The van der Waals surface area contributed by atoms with E-state index in [0.717, 1.165) is 16.9 Å². The van der Waals surface area contributed by atoms with E-state index in [9.17, 15) is 10.1 Å². The van der Waals surface area contributed by atoms with Crippen LogP contribution in [0.3, 0.4) is 0 Å². The average Bonchev–Trinajstić information content (AvgIpc) is 2.69. The Kier molecular flexibility index (Phi) is 5.18. The Morgan fingerprint density at radius 3 is 2.52 bits per heavy atom. The number of carbonyl (C=O) groups is 1. The maximum atomic E-state index is 13.1. The molecule has 7 heteroatoms. The number of guanidine groups is 1. The van der Waals surface area contributed by atoms with Crippen LogP contribution in [0.1, 0.15) is 44.2 Å². The van der Waals surface area contributed by atoms with Gasteiger partial charge in [0.15, 0.2) is 5.96 Å². The van der Waals surface area contributed by atoms with E-state index in [1.807, 2.05) is 63.2 Å². The van der Waals surface area contributed by atoms with E-state index in [-0.39, 0.29) is 24.3 Å². The Bertz CT molecular complexity index is 1100. The maximum Gasteiger partial charge on any atom is 0.232 e. The first-order valence-electron chi connectivity index (χ1n) is 10.4. The van der Waals surface area contributed by atoms with Crippen LogP contribution in [0.15, 0.2) is 47.5 Å². The number of anilines is 2. The Morgan fingerprint density at radius 1 is 1.23 bits per heavy atom. The largest absolute Gasteiger partial charge is 0.369 e. The van der Waals surface area contributed by atoms with Crippen molar-refractivity contribution in [3.63, 3.8) is 0 Å². The first-order chi connectivity index (χ1) is 14.6. The van der Waals surface area contributed by atoms with E-state index in [2.05, 4.69) is 11.4 Å². The molecule has 0 radical (unpaired) electrons. The second kappa shape index (κ2) is 7.58. The Labute approximate surface area is 187 Å². The zero-order chi connectivity index (χ0) is 22.4. The summed E-state index contributed by atoms with van der Waals surface area (Å²) in [4.78, 5) is 19.3. The van der Waals surface area contributed by atoms with Crippen LogP contribution in [-0.2, 0) is 10.3 Å². The molecule has 160 valence electrons. The number of carbonyl (C=O) groups excluding carboxylic acids is 1. The molecule has 6 nitrogen and oxygen atoms in total. The predicted octanol–water partition coefficient (Wildman–Crippen LogP) is 4.85. The lowest BCUT2D eigenvalue weighted by molar-refractivity contribution is -0.134. The van der Waals surface area contributed by atoms with Gasteiger partial charge in [-0.15, -0.1) is 0 Å². The van der Waals surface area contributed by atoms with Gasteiger partial charge in [0.05, 0.1) is 34.2 Å². The summed E-state index contributed by atoms with van der Waals surface area (Å²) < 4.78 is 0. The van der Waals surface area contributed by atoms with Crippen molar-refractivity contribution in [2.45, 2.75) is 51.6 Å². The van der Waals surface area contributed by atoms with Gasteiger partial charge in [0.25, 0.3) is 0 Å². The van der Waals surface area contributed by atoms with Crippen molar-refractivity contribution < 1.29 is 4.79 Å². The third-order valence-electron chi connectivity index (χ3n) is 6.29. The van der Waals surface area contributed by atoms with Crippen LogP contribution in [0.4, 0.5) is 11.4 Å². The number of benzene rings is 2. The van der Waals surface area contributed by atoms with Crippen LogP contribution in [-0.4, -0.2) is 22.8 Å². The van der Waals surface area contributed by atoms with Gasteiger partial charge in [-0.05, 0) is 51.8 Å². The molecule has 1 amide bonds. The van der Waals surface area contributed by atoms with E-state index in [1.54, 1.807) is 4.90 Å². The van der Waals surface area contributed by atoms with Gasteiger partial charge in [-0.3, -0.25) is 9.69 Å². The Balaban J connectivity index is 1.61. The van der Waals surface area contributed by atoms with E-state index in [1.165, 1.54) is 5.56 Å². The first kappa shape index (κ1) is 21.2. The van der Waals surface area contributed by atoms with E-state index >= 15 is 0 Å². The highest BCUT2D eigenvalue weighted by molar-refractivity contribution is 6.34. The SMILES string of the molecule is Cc1ccc(Nc2cccc([C@]3(C)CC(=O)N(C4CC(C)(C#N)C4)C(N)=N3)c2Cl)cc1. The van der Waals surface area contributed by atoms with Crippen LogP contribution in [0.5, 0.6) is 0 Å². The highest BCUT2D eigenvalue weighted by Crippen LogP contribution is 2.46. The quantitative estimate of drug-likeness (QED) is 0.717. The van der Waals surface area contributed by atoms with Gasteiger partial charge in [0.1, 0.15) is 0 Å². The van der Waals surface area contributed by atoms with Crippen molar-refractivity contribution in [1.29, 1.82) is 5.26 Å². The maximum absolute atomic E-state index is 13.1. The summed E-state index contributed by atoms with van der Waals surface area (Å²) in [6, 6.07) is 16.0.